The second-order valence-electron chi connectivity index (χ2n) is 7.06. The van der Waals surface area contributed by atoms with Crippen LogP contribution >= 0.6 is 0 Å². The van der Waals surface area contributed by atoms with E-state index in [1.807, 2.05) is 32.9 Å². The van der Waals surface area contributed by atoms with Crippen molar-refractivity contribution in [3.8, 4) is 22.9 Å². The molecule has 0 aliphatic carbocycles. The smallest absolute Gasteiger partial charge is 0.316 e. The number of nitrogens with zero attached hydrogens (tertiary/aromatic N) is 5. The van der Waals surface area contributed by atoms with Gasteiger partial charge in [0.15, 0.2) is 5.65 Å². The first-order valence-electron chi connectivity index (χ1n) is 9.99. The van der Waals surface area contributed by atoms with Crippen LogP contribution < -0.4 is 14.8 Å². The summed E-state index contributed by atoms with van der Waals surface area (Å²) in [6.07, 6.45) is 1.56. The highest BCUT2D eigenvalue weighted by Gasteiger charge is 2.18. The molecule has 0 atom stereocenters. The number of hydrogen-bond donors (Lipinski definition) is 1. The predicted octanol–water partition coefficient (Wildman–Crippen LogP) is 4.10. The van der Waals surface area contributed by atoms with Crippen LogP contribution in [0.4, 0.5) is 14.6 Å². The number of pyridine rings is 1. The van der Waals surface area contributed by atoms with Gasteiger partial charge in [0.1, 0.15) is 29.5 Å². The first kappa shape index (κ1) is 21.4. The van der Waals surface area contributed by atoms with Gasteiger partial charge in [-0.1, -0.05) is 0 Å². The Morgan fingerprint density at radius 1 is 1.09 bits per heavy atom. The predicted molar refractivity (Wildman–Crippen MR) is 115 cm³/mol. The lowest BCUT2D eigenvalue weighted by Crippen LogP contribution is -2.08. The van der Waals surface area contributed by atoms with Crippen LogP contribution in [0, 0.1) is 25.5 Å². The first-order chi connectivity index (χ1) is 15.4. The summed E-state index contributed by atoms with van der Waals surface area (Å²) in [6, 6.07) is 6.01. The maximum Gasteiger partial charge on any atom is 0.316 e. The zero-order valence-corrected chi connectivity index (χ0v) is 18.1. The molecule has 0 unspecified atom stereocenters. The number of fused-ring (bicyclic) bond motifs is 1. The maximum atomic E-state index is 14.3. The first-order valence-corrected chi connectivity index (χ1v) is 9.99. The average Bonchev–Trinajstić information content (AvgIpc) is 3.23. The van der Waals surface area contributed by atoms with Gasteiger partial charge in [-0.2, -0.15) is 9.97 Å². The summed E-state index contributed by atoms with van der Waals surface area (Å²) in [5.74, 6) is -0.633. The molecule has 0 aliphatic rings. The van der Waals surface area contributed by atoms with Gasteiger partial charge in [-0.15, -0.1) is 10.2 Å². The van der Waals surface area contributed by atoms with Crippen molar-refractivity contribution >= 4 is 11.5 Å². The van der Waals surface area contributed by atoms with Crippen LogP contribution in [-0.2, 0) is 6.54 Å². The molecule has 4 rings (SSSR count). The Morgan fingerprint density at radius 3 is 2.53 bits per heavy atom. The van der Waals surface area contributed by atoms with Crippen molar-refractivity contribution in [2.45, 2.75) is 27.3 Å². The number of benzene rings is 1. The average molecular weight is 440 g/mol. The second kappa shape index (κ2) is 8.74. The van der Waals surface area contributed by atoms with E-state index in [-0.39, 0.29) is 17.9 Å². The summed E-state index contributed by atoms with van der Waals surface area (Å²) < 4.78 is 40.1. The van der Waals surface area contributed by atoms with E-state index < -0.39 is 11.6 Å². The number of nitrogens with one attached hydrogen (secondary N) is 1. The fourth-order valence-electron chi connectivity index (χ4n) is 3.63. The number of hydrogen-bond acceptors (Lipinski definition) is 7. The third kappa shape index (κ3) is 3.91. The molecule has 166 valence electrons. The molecule has 0 fully saturated rings. The molecule has 0 spiro atoms. The van der Waals surface area contributed by atoms with Gasteiger partial charge in [-0.3, -0.25) is 4.40 Å². The fraction of sp³-hybridized carbons (Fsp3) is 0.273. The number of aromatic nitrogens is 5. The molecule has 0 radical (unpaired) electrons. The number of aryl methyl sites for hydroxylation is 2. The summed E-state index contributed by atoms with van der Waals surface area (Å²) in [6.45, 7) is 6.20. The van der Waals surface area contributed by atoms with E-state index in [0.717, 1.165) is 34.6 Å². The van der Waals surface area contributed by atoms with E-state index in [9.17, 15) is 8.78 Å². The quantitative estimate of drug-likeness (QED) is 0.463. The highest BCUT2D eigenvalue weighted by molar-refractivity contribution is 5.81. The molecule has 10 heteroatoms. The van der Waals surface area contributed by atoms with Crippen molar-refractivity contribution < 1.29 is 18.3 Å². The summed E-state index contributed by atoms with van der Waals surface area (Å²) in [5.41, 5.74) is 3.95. The van der Waals surface area contributed by atoms with Crippen LogP contribution in [-0.4, -0.2) is 38.3 Å². The molecule has 1 aromatic carbocycles. The molecular formula is C22H22F2N6O2. The van der Waals surface area contributed by atoms with Gasteiger partial charge in [-0.05, 0) is 32.9 Å². The Labute approximate surface area is 183 Å². The number of rotatable bonds is 7. The fourth-order valence-corrected chi connectivity index (χ4v) is 3.63. The van der Waals surface area contributed by atoms with Crippen molar-refractivity contribution in [3.63, 3.8) is 0 Å². The molecule has 8 nitrogen and oxygen atoms in total. The zero-order chi connectivity index (χ0) is 22.8. The van der Waals surface area contributed by atoms with Gasteiger partial charge in [-0.25, -0.2) is 8.78 Å². The van der Waals surface area contributed by atoms with Gasteiger partial charge in [0, 0.05) is 35.4 Å². The van der Waals surface area contributed by atoms with E-state index in [2.05, 4.69) is 25.5 Å². The Balaban J connectivity index is 1.71. The van der Waals surface area contributed by atoms with Crippen molar-refractivity contribution in [1.82, 2.24) is 24.6 Å². The van der Waals surface area contributed by atoms with Crippen molar-refractivity contribution in [2.24, 2.45) is 0 Å². The van der Waals surface area contributed by atoms with E-state index in [0.29, 0.717) is 24.1 Å². The molecule has 0 saturated heterocycles. The lowest BCUT2D eigenvalue weighted by molar-refractivity contribution is 0.311. The molecule has 3 heterocycles. The van der Waals surface area contributed by atoms with Crippen LogP contribution in [0.25, 0.3) is 16.8 Å². The molecule has 0 bridgehead atoms. The molecule has 0 saturated carbocycles. The Bertz CT molecular complexity index is 1270. The summed E-state index contributed by atoms with van der Waals surface area (Å²) >= 11 is 0. The standard InChI is InChI=1S/C22H22F2N6O2/c1-5-32-22-27-12(2)20(13(3)28-22)15-6-7-19(30-11-26-29-21(15)30)25-10-16-17(24)8-14(23)9-18(16)31-4/h6-9,11,25H,5,10H2,1-4H3. The SMILES string of the molecule is CCOc1nc(C)c(-c2ccc(NCc3c(F)cc(F)cc3OC)n3cnnc23)c(C)n1. The lowest BCUT2D eigenvalue weighted by Gasteiger charge is -2.15. The highest BCUT2D eigenvalue weighted by Crippen LogP contribution is 2.31. The Hall–Kier alpha value is -3.82. The monoisotopic (exact) mass is 440 g/mol. The van der Waals surface area contributed by atoms with E-state index >= 15 is 0 Å². The van der Waals surface area contributed by atoms with Crippen LogP contribution in [0.5, 0.6) is 11.8 Å². The van der Waals surface area contributed by atoms with Gasteiger partial charge in [0.2, 0.25) is 0 Å². The topological polar surface area (TPSA) is 86.5 Å². The molecule has 4 aromatic rings. The molecule has 1 N–H and O–H groups in total. The Kier molecular flexibility index (Phi) is 5.85. The normalized spacial score (nSPS) is 11.1. The van der Waals surface area contributed by atoms with Crippen molar-refractivity contribution in [1.29, 1.82) is 0 Å². The van der Waals surface area contributed by atoms with E-state index in [1.54, 1.807) is 10.7 Å². The minimum atomic E-state index is -0.697. The third-order valence-electron chi connectivity index (χ3n) is 5.03. The number of anilines is 1. The van der Waals surface area contributed by atoms with Crippen molar-refractivity contribution in [3.05, 3.63) is 59.2 Å². The van der Waals surface area contributed by atoms with Gasteiger partial charge < -0.3 is 14.8 Å². The van der Waals surface area contributed by atoms with E-state index in [4.69, 9.17) is 9.47 Å². The van der Waals surface area contributed by atoms with Crippen LogP contribution in [0.2, 0.25) is 0 Å². The molecule has 3 aromatic heterocycles. The lowest BCUT2D eigenvalue weighted by atomic mass is 10.0. The van der Waals surface area contributed by atoms with Gasteiger partial charge >= 0.3 is 6.01 Å². The van der Waals surface area contributed by atoms with Crippen LogP contribution in [0.1, 0.15) is 23.9 Å². The minimum absolute atomic E-state index is 0.0755. The summed E-state index contributed by atoms with van der Waals surface area (Å²) in [7, 11) is 1.37. The molecule has 32 heavy (non-hydrogen) atoms. The number of halogens is 2. The van der Waals surface area contributed by atoms with Crippen LogP contribution in [0.3, 0.4) is 0 Å². The highest BCUT2D eigenvalue weighted by atomic mass is 19.1. The summed E-state index contributed by atoms with van der Waals surface area (Å²) in [5, 5.41) is 11.4. The molecule has 0 aliphatic heterocycles. The molecule has 0 amide bonds. The van der Waals surface area contributed by atoms with Gasteiger partial charge in [0.25, 0.3) is 0 Å². The van der Waals surface area contributed by atoms with Crippen molar-refractivity contribution in [2.75, 3.05) is 19.0 Å². The second-order valence-corrected chi connectivity index (χ2v) is 7.06. The minimum Gasteiger partial charge on any atom is -0.496 e. The number of ether oxygens (including phenoxy) is 2. The van der Waals surface area contributed by atoms with E-state index in [1.165, 1.54) is 7.11 Å². The van der Waals surface area contributed by atoms with Gasteiger partial charge in [0.05, 0.1) is 25.1 Å². The zero-order valence-electron chi connectivity index (χ0n) is 18.1. The largest absolute Gasteiger partial charge is 0.496 e. The maximum absolute atomic E-state index is 14.3. The Morgan fingerprint density at radius 2 is 1.84 bits per heavy atom. The summed E-state index contributed by atoms with van der Waals surface area (Å²) in [4.78, 5) is 8.87. The molecular weight excluding hydrogens is 418 g/mol. The third-order valence-corrected chi connectivity index (χ3v) is 5.03. The van der Waals surface area contributed by atoms with Crippen LogP contribution in [0.15, 0.2) is 30.6 Å². The number of methoxy groups -OCH3 is 1.